The van der Waals surface area contributed by atoms with Crippen LogP contribution in [0.15, 0.2) is 0 Å². The van der Waals surface area contributed by atoms with Crippen LogP contribution >= 0.6 is 0 Å². The van der Waals surface area contributed by atoms with Crippen LogP contribution in [0.5, 0.6) is 0 Å². The van der Waals surface area contributed by atoms with Gasteiger partial charge in [0.05, 0.1) is 13.2 Å². The predicted octanol–water partition coefficient (Wildman–Crippen LogP) is 0.710. The van der Waals surface area contributed by atoms with E-state index in [1.54, 1.807) is 0 Å². The summed E-state index contributed by atoms with van der Waals surface area (Å²) in [6.07, 6.45) is 0. The minimum Gasteiger partial charge on any atom is -0.377 e. The van der Waals surface area contributed by atoms with Crippen LogP contribution in [-0.4, -0.2) is 25.4 Å². The number of hydrogen-bond donors (Lipinski definition) is 1. The Balaban J connectivity index is 3.07. The molecule has 0 bridgehead atoms. The molecule has 0 aromatic heterocycles. The van der Waals surface area contributed by atoms with E-state index >= 15 is 0 Å². The van der Waals surface area contributed by atoms with Gasteiger partial charge >= 0.3 is 0 Å². The van der Waals surface area contributed by atoms with Gasteiger partial charge in [0.15, 0.2) is 0 Å². The summed E-state index contributed by atoms with van der Waals surface area (Å²) >= 11 is 0. The molecule has 0 aromatic rings. The van der Waals surface area contributed by atoms with Gasteiger partial charge in [-0.2, -0.15) is 0 Å². The van der Waals surface area contributed by atoms with Crippen molar-refractivity contribution in [1.29, 1.82) is 0 Å². The van der Waals surface area contributed by atoms with Crippen molar-refractivity contribution in [3.05, 3.63) is 0 Å². The molecule has 0 aliphatic carbocycles. The summed E-state index contributed by atoms with van der Waals surface area (Å²) in [6, 6.07) is 0. The lowest BCUT2D eigenvalue weighted by Gasteiger charge is -2.12. The standard InChI is InChI=1S/C6H14FNO/c1-6(2,7)5-9-4-3-8/h3-5,8H2,1-2H3. The summed E-state index contributed by atoms with van der Waals surface area (Å²) in [5.41, 5.74) is 3.88. The lowest BCUT2D eigenvalue weighted by atomic mass is 10.2. The Morgan fingerprint density at radius 2 is 2.11 bits per heavy atom. The fraction of sp³-hybridized carbons (Fsp3) is 1.00. The van der Waals surface area contributed by atoms with Crippen LogP contribution in [-0.2, 0) is 4.74 Å². The second kappa shape index (κ2) is 3.80. The first-order valence-corrected chi connectivity index (χ1v) is 3.03. The molecule has 0 aromatic carbocycles. The summed E-state index contributed by atoms with van der Waals surface area (Å²) in [4.78, 5) is 0. The van der Waals surface area contributed by atoms with Crippen molar-refractivity contribution in [2.45, 2.75) is 19.5 Å². The van der Waals surface area contributed by atoms with Gasteiger partial charge in [0.2, 0.25) is 0 Å². The maximum absolute atomic E-state index is 12.5. The minimum absolute atomic E-state index is 0.129. The van der Waals surface area contributed by atoms with E-state index in [0.29, 0.717) is 13.2 Å². The molecule has 0 amide bonds. The van der Waals surface area contributed by atoms with Gasteiger partial charge in [0.1, 0.15) is 5.67 Å². The summed E-state index contributed by atoms with van der Waals surface area (Å²) in [5.74, 6) is 0. The number of nitrogens with two attached hydrogens (primary N) is 1. The molecular weight excluding hydrogens is 121 g/mol. The molecule has 9 heavy (non-hydrogen) atoms. The first kappa shape index (κ1) is 8.85. The van der Waals surface area contributed by atoms with E-state index in [9.17, 15) is 4.39 Å². The Hall–Kier alpha value is -0.150. The van der Waals surface area contributed by atoms with Gasteiger partial charge < -0.3 is 10.5 Å². The average molecular weight is 135 g/mol. The van der Waals surface area contributed by atoms with Gasteiger partial charge in [-0.3, -0.25) is 0 Å². The van der Waals surface area contributed by atoms with Crippen molar-refractivity contribution in [1.82, 2.24) is 0 Å². The molecule has 2 N–H and O–H groups in total. The molecule has 2 nitrogen and oxygen atoms in total. The normalized spacial score (nSPS) is 12.0. The smallest absolute Gasteiger partial charge is 0.128 e. The monoisotopic (exact) mass is 135 g/mol. The van der Waals surface area contributed by atoms with Gasteiger partial charge in [-0.05, 0) is 13.8 Å². The zero-order valence-corrected chi connectivity index (χ0v) is 5.98. The van der Waals surface area contributed by atoms with Crippen LogP contribution in [0.1, 0.15) is 13.8 Å². The number of hydrogen-bond acceptors (Lipinski definition) is 2. The molecule has 0 spiro atoms. The molecule has 3 heteroatoms. The molecule has 0 fully saturated rings. The van der Waals surface area contributed by atoms with Crippen LogP contribution in [0.2, 0.25) is 0 Å². The molecule has 0 heterocycles. The van der Waals surface area contributed by atoms with Crippen molar-refractivity contribution in [3.8, 4) is 0 Å². The maximum Gasteiger partial charge on any atom is 0.128 e. The molecule has 0 rings (SSSR count). The fourth-order valence-electron chi connectivity index (χ4n) is 0.398. The third kappa shape index (κ3) is 7.85. The quantitative estimate of drug-likeness (QED) is 0.576. The van der Waals surface area contributed by atoms with E-state index in [1.807, 2.05) is 0 Å². The lowest BCUT2D eigenvalue weighted by Crippen LogP contribution is -2.22. The Bertz CT molecular complexity index is 69.9. The Morgan fingerprint density at radius 1 is 1.56 bits per heavy atom. The Labute approximate surface area is 55.2 Å². The van der Waals surface area contributed by atoms with Crippen LogP contribution in [0.4, 0.5) is 4.39 Å². The highest BCUT2D eigenvalue weighted by molar-refractivity contribution is 4.63. The molecule has 0 aliphatic rings. The van der Waals surface area contributed by atoms with E-state index in [2.05, 4.69) is 0 Å². The highest BCUT2D eigenvalue weighted by Crippen LogP contribution is 2.07. The number of rotatable bonds is 4. The molecular formula is C6H14FNO. The van der Waals surface area contributed by atoms with Gasteiger partial charge in [0, 0.05) is 6.54 Å². The first-order chi connectivity index (χ1) is 4.06. The van der Waals surface area contributed by atoms with E-state index in [-0.39, 0.29) is 6.61 Å². The van der Waals surface area contributed by atoms with Crippen molar-refractivity contribution < 1.29 is 9.13 Å². The van der Waals surface area contributed by atoms with Gasteiger partial charge in [-0.15, -0.1) is 0 Å². The first-order valence-electron chi connectivity index (χ1n) is 3.03. The zero-order valence-electron chi connectivity index (χ0n) is 5.98. The predicted molar refractivity (Wildman–Crippen MR) is 35.1 cm³/mol. The van der Waals surface area contributed by atoms with Crippen molar-refractivity contribution in [3.63, 3.8) is 0 Å². The SMILES string of the molecule is CC(C)(F)COCCN. The van der Waals surface area contributed by atoms with Gasteiger partial charge in [-0.25, -0.2) is 4.39 Å². The zero-order chi connectivity index (χ0) is 7.33. The number of alkyl halides is 1. The highest BCUT2D eigenvalue weighted by Gasteiger charge is 2.14. The van der Waals surface area contributed by atoms with Gasteiger partial charge in [-0.1, -0.05) is 0 Å². The van der Waals surface area contributed by atoms with Crippen LogP contribution in [0, 0.1) is 0 Å². The summed E-state index contributed by atoms with van der Waals surface area (Å²) in [5, 5.41) is 0. The lowest BCUT2D eigenvalue weighted by molar-refractivity contribution is 0.0406. The second-order valence-corrected chi connectivity index (χ2v) is 2.56. The maximum atomic E-state index is 12.5. The van der Waals surface area contributed by atoms with Crippen LogP contribution < -0.4 is 5.73 Å². The average Bonchev–Trinajstić information content (AvgIpc) is 1.63. The van der Waals surface area contributed by atoms with Crippen LogP contribution in [0.3, 0.4) is 0 Å². The van der Waals surface area contributed by atoms with Gasteiger partial charge in [0.25, 0.3) is 0 Å². The van der Waals surface area contributed by atoms with E-state index in [0.717, 1.165) is 0 Å². The molecule has 0 unspecified atom stereocenters. The van der Waals surface area contributed by atoms with E-state index < -0.39 is 5.67 Å². The van der Waals surface area contributed by atoms with Crippen molar-refractivity contribution >= 4 is 0 Å². The number of ether oxygens (including phenoxy) is 1. The number of halogens is 1. The molecule has 0 radical (unpaired) electrons. The molecule has 56 valence electrons. The topological polar surface area (TPSA) is 35.2 Å². The summed E-state index contributed by atoms with van der Waals surface area (Å²) in [6.45, 7) is 3.97. The molecule has 0 saturated carbocycles. The highest BCUT2D eigenvalue weighted by atomic mass is 19.1. The van der Waals surface area contributed by atoms with E-state index in [4.69, 9.17) is 10.5 Å². The third-order valence-corrected chi connectivity index (χ3v) is 0.707. The van der Waals surface area contributed by atoms with Crippen molar-refractivity contribution in [2.75, 3.05) is 19.8 Å². The largest absolute Gasteiger partial charge is 0.377 e. The Morgan fingerprint density at radius 3 is 2.44 bits per heavy atom. The summed E-state index contributed by atoms with van der Waals surface area (Å²) < 4.78 is 17.4. The fourth-order valence-corrected chi connectivity index (χ4v) is 0.398. The summed E-state index contributed by atoms with van der Waals surface area (Å²) in [7, 11) is 0. The minimum atomic E-state index is -1.23. The van der Waals surface area contributed by atoms with Crippen molar-refractivity contribution in [2.24, 2.45) is 5.73 Å². The Kier molecular flexibility index (Phi) is 3.73. The molecule has 0 aliphatic heterocycles. The third-order valence-electron chi connectivity index (χ3n) is 0.707. The molecule has 0 saturated heterocycles. The second-order valence-electron chi connectivity index (χ2n) is 2.56. The van der Waals surface area contributed by atoms with E-state index in [1.165, 1.54) is 13.8 Å². The molecule has 0 atom stereocenters. The van der Waals surface area contributed by atoms with Crippen LogP contribution in [0.25, 0.3) is 0 Å².